The molecule has 2 atom stereocenters. The first-order valence-corrected chi connectivity index (χ1v) is 5.12. The second-order valence-corrected chi connectivity index (χ2v) is 3.83. The van der Waals surface area contributed by atoms with Crippen LogP contribution in [0, 0.1) is 0 Å². The fourth-order valence-electron chi connectivity index (χ4n) is 1.68. The standard InChI is InChI=1S/C10H18FNO3/c1-12-6-8(11)5-9(12)7-15-4-3-10(13)14-2/h8-9H,3-7H2,1-2H3/t8-,9-/m0/s1. The third kappa shape index (κ3) is 4.13. The Morgan fingerprint density at radius 1 is 1.60 bits per heavy atom. The van der Waals surface area contributed by atoms with Gasteiger partial charge in [-0.15, -0.1) is 0 Å². The molecule has 15 heavy (non-hydrogen) atoms. The summed E-state index contributed by atoms with van der Waals surface area (Å²) in [6.45, 7) is 1.30. The fourth-order valence-corrected chi connectivity index (χ4v) is 1.68. The molecule has 0 aliphatic carbocycles. The molecule has 1 heterocycles. The average molecular weight is 219 g/mol. The van der Waals surface area contributed by atoms with Crippen molar-refractivity contribution in [3.8, 4) is 0 Å². The third-order valence-corrected chi connectivity index (χ3v) is 2.63. The first-order valence-electron chi connectivity index (χ1n) is 5.12. The molecule has 1 aliphatic rings. The highest BCUT2D eigenvalue weighted by Gasteiger charge is 2.29. The lowest BCUT2D eigenvalue weighted by Gasteiger charge is -2.18. The van der Waals surface area contributed by atoms with E-state index in [2.05, 4.69) is 4.74 Å². The van der Waals surface area contributed by atoms with Crippen LogP contribution in [0.2, 0.25) is 0 Å². The molecule has 1 rings (SSSR count). The summed E-state index contributed by atoms with van der Waals surface area (Å²) in [5, 5.41) is 0. The molecule has 0 aromatic rings. The number of ether oxygens (including phenoxy) is 2. The molecule has 0 N–H and O–H groups in total. The van der Waals surface area contributed by atoms with E-state index in [1.54, 1.807) is 0 Å². The van der Waals surface area contributed by atoms with Gasteiger partial charge in [0.15, 0.2) is 0 Å². The van der Waals surface area contributed by atoms with E-state index >= 15 is 0 Å². The lowest BCUT2D eigenvalue weighted by atomic mass is 10.2. The average Bonchev–Trinajstić information content (AvgIpc) is 2.52. The van der Waals surface area contributed by atoms with Crippen molar-refractivity contribution in [3.05, 3.63) is 0 Å². The number of rotatable bonds is 5. The van der Waals surface area contributed by atoms with E-state index in [0.717, 1.165) is 0 Å². The van der Waals surface area contributed by atoms with Crippen molar-refractivity contribution in [1.82, 2.24) is 4.90 Å². The van der Waals surface area contributed by atoms with Crippen LogP contribution < -0.4 is 0 Å². The lowest BCUT2D eigenvalue weighted by molar-refractivity contribution is -0.141. The van der Waals surface area contributed by atoms with Gasteiger partial charge in [0, 0.05) is 12.6 Å². The van der Waals surface area contributed by atoms with E-state index < -0.39 is 6.17 Å². The monoisotopic (exact) mass is 219 g/mol. The molecule has 5 heteroatoms. The van der Waals surface area contributed by atoms with Crippen LogP contribution in [0.5, 0.6) is 0 Å². The minimum absolute atomic E-state index is 0.137. The molecule has 1 aliphatic heterocycles. The van der Waals surface area contributed by atoms with Gasteiger partial charge in [-0.3, -0.25) is 9.69 Å². The molecule has 0 radical (unpaired) electrons. The number of alkyl halides is 1. The van der Waals surface area contributed by atoms with Gasteiger partial charge in [0.25, 0.3) is 0 Å². The number of esters is 1. The predicted molar refractivity (Wildman–Crippen MR) is 53.4 cm³/mol. The fraction of sp³-hybridized carbons (Fsp3) is 0.900. The van der Waals surface area contributed by atoms with Gasteiger partial charge in [0.1, 0.15) is 6.17 Å². The molecule has 0 unspecified atom stereocenters. The highest BCUT2D eigenvalue weighted by Crippen LogP contribution is 2.18. The summed E-state index contributed by atoms with van der Waals surface area (Å²) >= 11 is 0. The zero-order valence-electron chi connectivity index (χ0n) is 9.24. The van der Waals surface area contributed by atoms with Gasteiger partial charge in [-0.2, -0.15) is 0 Å². The second kappa shape index (κ2) is 6.02. The maximum Gasteiger partial charge on any atom is 0.307 e. The van der Waals surface area contributed by atoms with Crippen LogP contribution in [0.1, 0.15) is 12.8 Å². The molecule has 1 fully saturated rings. The van der Waals surface area contributed by atoms with Crippen molar-refractivity contribution in [2.45, 2.75) is 25.1 Å². The van der Waals surface area contributed by atoms with Crippen LogP contribution >= 0.6 is 0 Å². The SMILES string of the molecule is COC(=O)CCOC[C@@H]1C[C@H](F)CN1C. The van der Waals surface area contributed by atoms with Gasteiger partial charge in [-0.05, 0) is 13.5 Å². The molecule has 0 aromatic carbocycles. The van der Waals surface area contributed by atoms with Crippen LogP contribution in [0.4, 0.5) is 4.39 Å². The van der Waals surface area contributed by atoms with Gasteiger partial charge in [-0.25, -0.2) is 4.39 Å². The van der Waals surface area contributed by atoms with Crippen molar-refractivity contribution in [3.63, 3.8) is 0 Å². The second-order valence-electron chi connectivity index (χ2n) is 3.83. The summed E-state index contributed by atoms with van der Waals surface area (Å²) < 4.78 is 22.7. The number of nitrogens with zero attached hydrogens (tertiary/aromatic N) is 1. The Morgan fingerprint density at radius 3 is 2.87 bits per heavy atom. The number of likely N-dealkylation sites (N-methyl/N-ethyl adjacent to an activating group) is 1. The highest BCUT2D eigenvalue weighted by atomic mass is 19.1. The van der Waals surface area contributed by atoms with Crippen LogP contribution in [0.15, 0.2) is 0 Å². The van der Waals surface area contributed by atoms with Crippen LogP contribution in [0.25, 0.3) is 0 Å². The topological polar surface area (TPSA) is 38.8 Å². The Kier molecular flexibility index (Phi) is 4.98. The molecule has 88 valence electrons. The summed E-state index contributed by atoms with van der Waals surface area (Å²) in [6, 6.07) is 0.137. The van der Waals surface area contributed by atoms with Gasteiger partial charge >= 0.3 is 5.97 Å². The quantitative estimate of drug-likeness (QED) is 0.501. The molecule has 0 aromatic heterocycles. The Bertz CT molecular complexity index is 213. The van der Waals surface area contributed by atoms with Crippen molar-refractivity contribution in [2.24, 2.45) is 0 Å². The Labute approximate surface area is 89.3 Å². The first kappa shape index (κ1) is 12.4. The number of hydrogen-bond donors (Lipinski definition) is 0. The van der Waals surface area contributed by atoms with Crippen LogP contribution in [0.3, 0.4) is 0 Å². The molecule has 0 saturated carbocycles. The number of hydrogen-bond acceptors (Lipinski definition) is 4. The summed E-state index contributed by atoms with van der Waals surface area (Å²) in [5.41, 5.74) is 0. The number of methoxy groups -OCH3 is 1. The smallest absolute Gasteiger partial charge is 0.307 e. The lowest BCUT2D eigenvalue weighted by Crippen LogP contribution is -2.29. The number of carbonyl (C=O) groups is 1. The maximum atomic E-state index is 12.9. The molecule has 0 spiro atoms. The summed E-state index contributed by atoms with van der Waals surface area (Å²) in [7, 11) is 3.23. The number of likely N-dealkylation sites (tertiary alicyclic amines) is 1. The van der Waals surface area contributed by atoms with E-state index in [-0.39, 0.29) is 18.4 Å². The minimum atomic E-state index is -0.746. The van der Waals surface area contributed by atoms with Crippen molar-refractivity contribution < 1.29 is 18.7 Å². The normalized spacial score (nSPS) is 26.9. The number of carbonyl (C=O) groups excluding carboxylic acids is 1. The molecule has 1 saturated heterocycles. The largest absolute Gasteiger partial charge is 0.469 e. The van der Waals surface area contributed by atoms with Crippen molar-refractivity contribution in [1.29, 1.82) is 0 Å². The maximum absolute atomic E-state index is 12.9. The van der Waals surface area contributed by atoms with E-state index in [0.29, 0.717) is 26.2 Å². The van der Waals surface area contributed by atoms with Gasteiger partial charge in [0.2, 0.25) is 0 Å². The Morgan fingerprint density at radius 2 is 2.33 bits per heavy atom. The Balaban J connectivity index is 2.07. The first-order chi connectivity index (χ1) is 7.13. The molecule has 0 amide bonds. The predicted octanol–water partition coefficient (Wildman–Crippen LogP) is 0.608. The number of halogens is 1. The van der Waals surface area contributed by atoms with E-state index in [1.165, 1.54) is 7.11 Å². The van der Waals surface area contributed by atoms with Gasteiger partial charge < -0.3 is 9.47 Å². The Hall–Kier alpha value is -0.680. The highest BCUT2D eigenvalue weighted by molar-refractivity contribution is 5.69. The van der Waals surface area contributed by atoms with E-state index in [1.807, 2.05) is 11.9 Å². The van der Waals surface area contributed by atoms with E-state index in [4.69, 9.17) is 4.74 Å². The summed E-state index contributed by atoms with van der Waals surface area (Å²) in [4.78, 5) is 12.7. The van der Waals surface area contributed by atoms with Crippen molar-refractivity contribution >= 4 is 5.97 Å². The van der Waals surface area contributed by atoms with Gasteiger partial charge in [0.05, 0.1) is 26.7 Å². The molecular weight excluding hydrogens is 201 g/mol. The third-order valence-electron chi connectivity index (χ3n) is 2.63. The summed E-state index contributed by atoms with van der Waals surface area (Å²) in [5.74, 6) is -0.279. The van der Waals surface area contributed by atoms with Crippen LogP contribution in [-0.4, -0.2) is 57.0 Å². The zero-order chi connectivity index (χ0) is 11.3. The van der Waals surface area contributed by atoms with E-state index in [9.17, 15) is 9.18 Å². The van der Waals surface area contributed by atoms with Crippen molar-refractivity contribution in [2.75, 3.05) is 33.9 Å². The summed E-state index contributed by atoms with van der Waals surface area (Å²) in [6.07, 6.45) is 0.0324. The molecular formula is C10H18FNO3. The minimum Gasteiger partial charge on any atom is -0.469 e. The van der Waals surface area contributed by atoms with Crippen LogP contribution in [-0.2, 0) is 14.3 Å². The molecule has 0 bridgehead atoms. The van der Waals surface area contributed by atoms with Gasteiger partial charge in [-0.1, -0.05) is 0 Å². The zero-order valence-corrected chi connectivity index (χ0v) is 9.24. The molecule has 4 nitrogen and oxygen atoms in total.